The van der Waals surface area contributed by atoms with Gasteiger partial charge < -0.3 is 25.7 Å². The number of nitrogen functional groups attached to an aromatic ring is 1. The van der Waals surface area contributed by atoms with Crippen molar-refractivity contribution in [2.45, 2.75) is 31.8 Å². The van der Waals surface area contributed by atoms with E-state index in [1.165, 1.54) is 16.7 Å². The van der Waals surface area contributed by atoms with Gasteiger partial charge in [0.2, 0.25) is 11.5 Å². The molecule has 2 atom stereocenters. The van der Waals surface area contributed by atoms with Crippen LogP contribution in [0.15, 0.2) is 41.0 Å². The summed E-state index contributed by atoms with van der Waals surface area (Å²) in [6.07, 6.45) is 3.27. The van der Waals surface area contributed by atoms with E-state index in [0.717, 1.165) is 11.5 Å². The van der Waals surface area contributed by atoms with Gasteiger partial charge >= 0.3 is 11.9 Å². The van der Waals surface area contributed by atoms with Crippen molar-refractivity contribution < 1.29 is 38.4 Å². The molecule has 0 saturated carbocycles. The fourth-order valence-electron chi connectivity index (χ4n) is 3.79. The predicted molar refractivity (Wildman–Crippen MR) is 135 cm³/mol. The minimum absolute atomic E-state index is 0.0437. The summed E-state index contributed by atoms with van der Waals surface area (Å²) in [5.41, 5.74) is 6.10. The summed E-state index contributed by atoms with van der Waals surface area (Å²) in [6.45, 7) is 4.02. The number of thioether (sulfide) groups is 1. The zero-order valence-corrected chi connectivity index (χ0v) is 22.0. The van der Waals surface area contributed by atoms with Gasteiger partial charge in [0.05, 0.1) is 12.2 Å². The van der Waals surface area contributed by atoms with Crippen LogP contribution >= 0.6 is 23.3 Å². The smallest absolute Gasteiger partial charge is 0.352 e. The monoisotopic (exact) mass is 562 g/mol. The molecule has 0 aliphatic carbocycles. The highest BCUT2D eigenvalue weighted by Crippen LogP contribution is 2.40. The summed E-state index contributed by atoms with van der Waals surface area (Å²) in [7, 11) is 0. The summed E-state index contributed by atoms with van der Waals surface area (Å²) in [4.78, 5) is 60.1. The number of carbonyl (C=O) groups is 4. The molecule has 4 rings (SSSR count). The van der Waals surface area contributed by atoms with Crippen LogP contribution in [0.1, 0.15) is 30.0 Å². The summed E-state index contributed by atoms with van der Waals surface area (Å²) in [5.74, 6) is -2.78. The van der Waals surface area contributed by atoms with E-state index in [2.05, 4.69) is 19.8 Å². The maximum atomic E-state index is 13.0. The van der Waals surface area contributed by atoms with Crippen LogP contribution in [-0.2, 0) is 30.5 Å². The van der Waals surface area contributed by atoms with Crippen molar-refractivity contribution in [3.63, 3.8) is 0 Å². The van der Waals surface area contributed by atoms with Crippen LogP contribution in [-0.4, -0.2) is 79.2 Å². The SMILES string of the molecule is CCO/N=C(\C(=O)NC1C(=O)N2C(C(=O)O)=C(C[n+]3ccc(C(=O)OCC)cc3)CS[C@H]12)c1nsc(N)n1. The number of oxime groups is 1. The lowest BCUT2D eigenvalue weighted by molar-refractivity contribution is -0.689. The lowest BCUT2D eigenvalue weighted by atomic mass is 10.0. The highest BCUT2D eigenvalue weighted by molar-refractivity contribution is 8.00. The largest absolute Gasteiger partial charge is 0.477 e. The first kappa shape index (κ1) is 27.0. The molecule has 1 fully saturated rings. The highest BCUT2D eigenvalue weighted by atomic mass is 32.2. The molecule has 0 bridgehead atoms. The standard InChI is InChI=1S/C22H23N7O7S2/c1-3-35-21(34)11-5-7-28(8-6-11)9-12-10-37-19-14(18(31)29(19)15(12)20(32)33)24-17(30)13(26-36-4-2)16-25-22(23)38-27-16/h5-8,14,19H,3-4,9-10H2,1-2H3,(H3-,23,24,25,27,30,32,33)/p+1/b26-13-/t14?,19-/m1/s1. The Labute approximate surface area is 224 Å². The fraction of sp³-hybridized carbons (Fsp3) is 0.364. The number of nitrogens with two attached hydrogens (primary N) is 1. The number of esters is 1. The number of hydrogen-bond acceptors (Lipinski definition) is 12. The number of aromatic nitrogens is 3. The molecule has 1 unspecified atom stereocenters. The number of carboxylic acids is 1. The van der Waals surface area contributed by atoms with Crippen LogP contribution in [0.5, 0.6) is 0 Å². The van der Waals surface area contributed by atoms with Gasteiger partial charge in [0.25, 0.3) is 11.8 Å². The van der Waals surface area contributed by atoms with Gasteiger partial charge in [-0.1, -0.05) is 5.16 Å². The van der Waals surface area contributed by atoms with Crippen molar-refractivity contribution in [3.05, 3.63) is 47.2 Å². The van der Waals surface area contributed by atoms with Crippen molar-refractivity contribution in [1.29, 1.82) is 0 Å². The molecule has 38 heavy (non-hydrogen) atoms. The fourth-order valence-corrected chi connectivity index (χ4v) is 5.56. The summed E-state index contributed by atoms with van der Waals surface area (Å²) >= 11 is 2.20. The molecule has 2 aliphatic rings. The van der Waals surface area contributed by atoms with E-state index in [9.17, 15) is 24.3 Å². The van der Waals surface area contributed by atoms with Crippen molar-refractivity contribution >= 4 is 57.9 Å². The molecule has 4 heterocycles. The molecule has 2 aliphatic heterocycles. The number of β-lactam (4-membered cyclic amide) rings is 1. The van der Waals surface area contributed by atoms with Gasteiger partial charge in [-0.05, 0) is 13.8 Å². The molecule has 2 amide bonds. The van der Waals surface area contributed by atoms with Gasteiger partial charge in [0, 0.05) is 35.0 Å². The molecule has 2 aromatic heterocycles. The van der Waals surface area contributed by atoms with E-state index in [1.54, 1.807) is 42.9 Å². The number of ether oxygens (including phenoxy) is 1. The first-order valence-corrected chi connectivity index (χ1v) is 13.2. The molecule has 0 spiro atoms. The predicted octanol–water partition coefficient (Wildman–Crippen LogP) is -0.236. The van der Waals surface area contributed by atoms with Crippen molar-refractivity contribution in [2.75, 3.05) is 24.7 Å². The lowest BCUT2D eigenvalue weighted by Crippen LogP contribution is -2.71. The molecular formula is C22H24N7O7S2+. The Morgan fingerprint density at radius 1 is 1.29 bits per heavy atom. The second-order valence-electron chi connectivity index (χ2n) is 7.91. The number of carbonyl (C=O) groups excluding carboxylic acids is 3. The van der Waals surface area contributed by atoms with Gasteiger partial charge in [-0.3, -0.25) is 14.5 Å². The van der Waals surface area contributed by atoms with Crippen molar-refractivity contribution in [3.8, 4) is 0 Å². The topological polar surface area (TPSA) is 190 Å². The third-order valence-corrected chi connectivity index (χ3v) is 7.35. The zero-order chi connectivity index (χ0) is 27.4. The zero-order valence-electron chi connectivity index (χ0n) is 20.3. The number of anilines is 1. The first-order valence-electron chi connectivity index (χ1n) is 11.4. The van der Waals surface area contributed by atoms with Crippen LogP contribution in [0.4, 0.5) is 5.13 Å². The van der Waals surface area contributed by atoms with Crippen LogP contribution in [0.2, 0.25) is 0 Å². The molecule has 0 aromatic carbocycles. The molecule has 14 nitrogen and oxygen atoms in total. The third kappa shape index (κ3) is 5.45. The number of amides is 2. The van der Waals surface area contributed by atoms with Gasteiger partial charge in [0.15, 0.2) is 24.1 Å². The number of fused-ring (bicyclic) bond motifs is 1. The van der Waals surface area contributed by atoms with Crippen LogP contribution in [0.3, 0.4) is 0 Å². The molecule has 200 valence electrons. The van der Waals surface area contributed by atoms with Gasteiger partial charge in [-0.2, -0.15) is 9.36 Å². The second kappa shape index (κ2) is 11.6. The maximum absolute atomic E-state index is 13.0. The summed E-state index contributed by atoms with van der Waals surface area (Å²) in [5, 5.41) is 15.8. The maximum Gasteiger partial charge on any atom is 0.352 e. The highest BCUT2D eigenvalue weighted by Gasteiger charge is 2.54. The average Bonchev–Trinajstić information content (AvgIpc) is 3.33. The minimum Gasteiger partial charge on any atom is -0.477 e. The molecular weight excluding hydrogens is 538 g/mol. The van der Waals surface area contributed by atoms with Crippen molar-refractivity contribution in [1.82, 2.24) is 19.6 Å². The quantitative estimate of drug-likeness (QED) is 0.114. The molecule has 0 radical (unpaired) electrons. The number of aliphatic carboxylic acids is 1. The van der Waals surface area contributed by atoms with E-state index in [1.807, 2.05) is 0 Å². The van der Waals surface area contributed by atoms with Crippen LogP contribution < -0.4 is 15.6 Å². The third-order valence-electron chi connectivity index (χ3n) is 5.47. The van der Waals surface area contributed by atoms with Crippen LogP contribution in [0.25, 0.3) is 0 Å². The molecule has 16 heteroatoms. The second-order valence-corrected chi connectivity index (χ2v) is 9.80. The van der Waals surface area contributed by atoms with E-state index in [-0.39, 0.29) is 42.1 Å². The van der Waals surface area contributed by atoms with Crippen molar-refractivity contribution in [2.24, 2.45) is 5.16 Å². The minimum atomic E-state index is -1.26. The number of pyridine rings is 1. The van der Waals surface area contributed by atoms with E-state index in [4.69, 9.17) is 15.3 Å². The molecule has 1 saturated heterocycles. The summed E-state index contributed by atoms with van der Waals surface area (Å²) in [6, 6.07) is 2.16. The number of nitrogens with one attached hydrogen (secondary N) is 1. The molecule has 4 N–H and O–H groups in total. The van der Waals surface area contributed by atoms with Gasteiger partial charge in [0.1, 0.15) is 23.7 Å². The molecule has 2 aromatic rings. The number of carboxylic acid groups (broad SMARTS) is 1. The van der Waals surface area contributed by atoms with E-state index >= 15 is 0 Å². The lowest BCUT2D eigenvalue weighted by Gasteiger charge is -2.49. The number of rotatable bonds is 10. The Kier molecular flexibility index (Phi) is 8.21. The Balaban J connectivity index is 1.50. The number of hydrogen-bond donors (Lipinski definition) is 3. The Morgan fingerprint density at radius 3 is 2.63 bits per heavy atom. The van der Waals surface area contributed by atoms with Crippen LogP contribution in [0, 0.1) is 0 Å². The normalized spacial score (nSPS) is 18.9. The van der Waals surface area contributed by atoms with E-state index in [0.29, 0.717) is 16.9 Å². The Bertz CT molecular complexity index is 1330. The van der Waals surface area contributed by atoms with E-state index < -0.39 is 35.2 Å². The Hall–Kier alpha value is -4.05. The number of nitrogens with zero attached hydrogens (tertiary/aromatic N) is 5. The van der Waals surface area contributed by atoms with Gasteiger partial charge in [-0.15, -0.1) is 11.8 Å². The van der Waals surface area contributed by atoms with Gasteiger partial charge in [-0.25, -0.2) is 14.2 Å². The summed E-state index contributed by atoms with van der Waals surface area (Å²) < 4.78 is 10.6. The first-order chi connectivity index (χ1) is 18.2. The average molecular weight is 563 g/mol. The Morgan fingerprint density at radius 2 is 2.03 bits per heavy atom.